The number of anilines is 2. The monoisotopic (exact) mass is 534 g/mol. The fourth-order valence-corrected chi connectivity index (χ4v) is 5.22. The molecule has 6 nitrogen and oxygen atoms in total. The Morgan fingerprint density at radius 3 is 1.83 bits per heavy atom. The van der Waals surface area contributed by atoms with E-state index in [9.17, 15) is 16.8 Å². The van der Waals surface area contributed by atoms with Gasteiger partial charge in [-0.3, -0.25) is 9.44 Å². The molecule has 0 atom stereocenters. The Morgan fingerprint density at radius 1 is 0.655 bits per heavy atom. The highest BCUT2D eigenvalue weighted by Crippen LogP contribution is 2.30. The third-order valence-electron chi connectivity index (χ3n) is 3.73. The fraction of sp³-hybridized carbons (Fsp3) is 0. The maximum Gasteiger partial charge on any atom is 0.262 e. The van der Waals surface area contributed by atoms with Gasteiger partial charge in [-0.1, -0.05) is 51.3 Å². The van der Waals surface area contributed by atoms with Crippen molar-refractivity contribution in [2.45, 2.75) is 9.79 Å². The molecule has 0 radical (unpaired) electrons. The summed E-state index contributed by atoms with van der Waals surface area (Å²) in [6.45, 7) is 0. The highest BCUT2D eigenvalue weighted by molar-refractivity contribution is 9.10. The van der Waals surface area contributed by atoms with E-state index in [1.54, 1.807) is 30.3 Å². The summed E-state index contributed by atoms with van der Waals surface area (Å²) in [4.78, 5) is -0.186. The Balaban J connectivity index is 1.93. The fourth-order valence-electron chi connectivity index (χ4n) is 2.31. The predicted octanol–water partition coefficient (Wildman–Crippen LogP) is 5.36. The van der Waals surface area contributed by atoms with Gasteiger partial charge in [0.1, 0.15) is 0 Å². The highest BCUT2D eigenvalue weighted by Gasteiger charge is 2.20. The second kappa shape index (κ2) is 8.53. The zero-order valence-electron chi connectivity index (χ0n) is 14.4. The molecule has 0 saturated heterocycles. The summed E-state index contributed by atoms with van der Waals surface area (Å²) in [5, 5.41) is 0.267. The lowest BCUT2D eigenvalue weighted by molar-refractivity contribution is 0.598. The summed E-state index contributed by atoms with van der Waals surface area (Å²) in [7, 11) is -8.01. The van der Waals surface area contributed by atoms with Crippen LogP contribution in [0.5, 0.6) is 0 Å². The van der Waals surface area contributed by atoms with Crippen molar-refractivity contribution < 1.29 is 16.8 Å². The van der Waals surface area contributed by atoms with E-state index in [1.165, 1.54) is 30.3 Å². The third kappa shape index (κ3) is 5.23. The molecule has 3 aromatic carbocycles. The summed E-state index contributed by atoms with van der Waals surface area (Å²) >= 11 is 15.3. The molecule has 0 aromatic heterocycles. The maximum atomic E-state index is 12.7. The maximum absolute atomic E-state index is 12.7. The van der Waals surface area contributed by atoms with Gasteiger partial charge in [-0.2, -0.15) is 0 Å². The molecule has 0 spiro atoms. The van der Waals surface area contributed by atoms with E-state index in [0.717, 1.165) is 6.07 Å². The topological polar surface area (TPSA) is 92.3 Å². The molecule has 0 unspecified atom stereocenters. The first kappa shape index (κ1) is 21.9. The number of halogens is 3. The number of nitrogens with one attached hydrogen (secondary N) is 2. The van der Waals surface area contributed by atoms with Crippen LogP contribution in [0.3, 0.4) is 0 Å². The van der Waals surface area contributed by atoms with Crippen LogP contribution in [-0.2, 0) is 20.0 Å². The van der Waals surface area contributed by atoms with Crippen molar-refractivity contribution in [1.82, 2.24) is 0 Å². The van der Waals surface area contributed by atoms with Gasteiger partial charge in [0.2, 0.25) is 0 Å². The molecule has 29 heavy (non-hydrogen) atoms. The van der Waals surface area contributed by atoms with Gasteiger partial charge in [0.15, 0.2) is 0 Å². The van der Waals surface area contributed by atoms with Crippen molar-refractivity contribution in [2.24, 2.45) is 0 Å². The molecule has 3 aromatic rings. The zero-order valence-corrected chi connectivity index (χ0v) is 19.2. The second-order valence-electron chi connectivity index (χ2n) is 5.79. The van der Waals surface area contributed by atoms with Crippen molar-refractivity contribution in [3.05, 3.63) is 81.2 Å². The lowest BCUT2D eigenvalue weighted by Crippen LogP contribution is -2.16. The lowest BCUT2D eigenvalue weighted by Gasteiger charge is -2.13. The van der Waals surface area contributed by atoms with Crippen LogP contribution in [0.4, 0.5) is 11.4 Å². The van der Waals surface area contributed by atoms with Crippen molar-refractivity contribution in [3.8, 4) is 0 Å². The molecule has 2 N–H and O–H groups in total. The van der Waals surface area contributed by atoms with Crippen molar-refractivity contribution in [3.63, 3.8) is 0 Å². The molecule has 0 saturated carbocycles. The van der Waals surface area contributed by atoms with Crippen LogP contribution in [-0.4, -0.2) is 16.8 Å². The largest absolute Gasteiger partial charge is 0.278 e. The summed E-state index contributed by atoms with van der Waals surface area (Å²) in [6, 6.07) is 16.0. The van der Waals surface area contributed by atoms with Crippen molar-refractivity contribution in [2.75, 3.05) is 9.44 Å². The first-order valence-electron chi connectivity index (χ1n) is 7.94. The molecular weight excluding hydrogens is 523 g/mol. The Kier molecular flexibility index (Phi) is 6.45. The van der Waals surface area contributed by atoms with Crippen LogP contribution >= 0.6 is 39.1 Å². The molecule has 0 amide bonds. The first-order valence-corrected chi connectivity index (χ1v) is 12.5. The smallest absolute Gasteiger partial charge is 0.262 e. The van der Waals surface area contributed by atoms with E-state index in [-0.39, 0.29) is 31.2 Å². The quantitative estimate of drug-likeness (QED) is 0.444. The van der Waals surface area contributed by atoms with Crippen LogP contribution in [0.1, 0.15) is 0 Å². The summed E-state index contributed by atoms with van der Waals surface area (Å²) in [6.07, 6.45) is 0. The summed E-state index contributed by atoms with van der Waals surface area (Å²) < 4.78 is 56.0. The van der Waals surface area contributed by atoms with Gasteiger partial charge in [-0.25, -0.2) is 16.8 Å². The normalized spacial score (nSPS) is 11.8. The summed E-state index contributed by atoms with van der Waals surface area (Å²) in [5.41, 5.74) is 0.123. The van der Waals surface area contributed by atoms with Crippen LogP contribution < -0.4 is 9.44 Å². The number of hydrogen-bond acceptors (Lipinski definition) is 4. The van der Waals surface area contributed by atoms with Gasteiger partial charge in [-0.05, 0) is 54.6 Å². The number of hydrogen-bond donors (Lipinski definition) is 2. The van der Waals surface area contributed by atoms with E-state index < -0.39 is 20.0 Å². The minimum absolute atomic E-state index is 0.000723. The minimum atomic E-state index is -4.04. The zero-order chi connectivity index (χ0) is 21.2. The van der Waals surface area contributed by atoms with Crippen LogP contribution in [0.25, 0.3) is 0 Å². The molecule has 3 rings (SSSR count). The van der Waals surface area contributed by atoms with Gasteiger partial charge >= 0.3 is 0 Å². The highest BCUT2D eigenvalue weighted by atomic mass is 79.9. The number of para-hydroxylation sites is 1. The predicted molar refractivity (Wildman–Crippen MR) is 119 cm³/mol. The van der Waals surface area contributed by atoms with Gasteiger partial charge in [0.25, 0.3) is 20.0 Å². The van der Waals surface area contributed by atoms with E-state index in [1.807, 2.05) is 0 Å². The van der Waals surface area contributed by atoms with E-state index in [4.69, 9.17) is 23.2 Å². The SMILES string of the molecule is O=S(=O)(Nc1ccccc1Cl)c1ccc(Cl)c(NS(=O)(=O)c2ccc(Br)cc2)c1. The van der Waals surface area contributed by atoms with Gasteiger partial charge in [0.05, 0.1) is 31.2 Å². The van der Waals surface area contributed by atoms with Crippen molar-refractivity contribution >= 4 is 70.6 Å². The Labute approximate surface area is 187 Å². The van der Waals surface area contributed by atoms with Crippen molar-refractivity contribution in [1.29, 1.82) is 0 Å². The number of rotatable bonds is 6. The van der Waals surface area contributed by atoms with E-state index >= 15 is 0 Å². The van der Waals surface area contributed by atoms with Crippen LogP contribution in [0.2, 0.25) is 10.0 Å². The third-order valence-corrected chi connectivity index (χ3v) is 7.67. The molecular formula is C18H13BrCl2N2O4S2. The number of sulfonamides is 2. The van der Waals surface area contributed by atoms with E-state index in [2.05, 4.69) is 25.4 Å². The average molecular weight is 536 g/mol. The molecule has 0 bridgehead atoms. The average Bonchev–Trinajstić information content (AvgIpc) is 2.65. The van der Waals surface area contributed by atoms with Gasteiger partial charge in [-0.15, -0.1) is 0 Å². The standard InChI is InChI=1S/C18H13BrCl2N2O4S2/c19-12-5-7-13(8-6-12)28(24,25)23-18-11-14(9-10-16(18)21)29(26,27)22-17-4-2-1-3-15(17)20/h1-11,22-23H. The Bertz CT molecular complexity index is 1270. The van der Waals surface area contributed by atoms with E-state index in [0.29, 0.717) is 4.47 Å². The molecule has 0 aliphatic carbocycles. The minimum Gasteiger partial charge on any atom is -0.278 e. The molecule has 0 aliphatic rings. The molecule has 11 heteroatoms. The number of benzene rings is 3. The molecule has 0 aliphatic heterocycles. The van der Waals surface area contributed by atoms with Crippen LogP contribution in [0.15, 0.2) is 81.0 Å². The Hall–Kier alpha value is -1.78. The summed E-state index contributed by atoms with van der Waals surface area (Å²) in [5.74, 6) is 0. The van der Waals surface area contributed by atoms with Gasteiger partial charge < -0.3 is 0 Å². The Morgan fingerprint density at radius 2 is 1.17 bits per heavy atom. The van der Waals surface area contributed by atoms with Gasteiger partial charge in [0, 0.05) is 4.47 Å². The van der Waals surface area contributed by atoms with Crippen LogP contribution in [0, 0.1) is 0 Å². The lowest BCUT2D eigenvalue weighted by atomic mass is 10.3. The molecule has 152 valence electrons. The first-order chi connectivity index (χ1) is 13.6. The molecule has 0 heterocycles. The molecule has 0 fully saturated rings. The second-order valence-corrected chi connectivity index (χ2v) is 10.9.